The molecule has 1 atom stereocenters. The number of hydrogen-bond donors (Lipinski definition) is 3. The van der Waals surface area contributed by atoms with E-state index < -0.39 is 29.7 Å². The van der Waals surface area contributed by atoms with Gasteiger partial charge in [-0.05, 0) is 13.5 Å². The Bertz CT molecular complexity index is 428. The van der Waals surface area contributed by atoms with Gasteiger partial charge in [0.05, 0.1) is 0 Å². The summed E-state index contributed by atoms with van der Waals surface area (Å²) >= 11 is 0. The van der Waals surface area contributed by atoms with Crippen LogP contribution in [0.5, 0.6) is 0 Å². The first-order valence-corrected chi connectivity index (χ1v) is 6.16. The minimum absolute atomic E-state index is 0.0462. The maximum absolute atomic E-state index is 11.6. The number of likely N-dealkylation sites (N-methyl/N-ethyl adjacent to an activating group) is 1. The van der Waals surface area contributed by atoms with Crippen molar-refractivity contribution in [1.82, 2.24) is 15.5 Å². The largest absolute Gasteiger partial charge is 0.480 e. The van der Waals surface area contributed by atoms with Gasteiger partial charge in [-0.15, -0.1) is 0 Å². The molecule has 0 aromatic heterocycles. The van der Waals surface area contributed by atoms with Crippen LogP contribution in [0.2, 0.25) is 0 Å². The van der Waals surface area contributed by atoms with E-state index in [1.807, 2.05) is 0 Å². The summed E-state index contributed by atoms with van der Waals surface area (Å²) < 4.78 is 0. The summed E-state index contributed by atoms with van der Waals surface area (Å²) in [5, 5.41) is 13.9. The standard InChI is InChI=1S/C12H17N3O5/c1-13-7-8(12(19)20)14-9(16)3-2-6-15-10(17)4-5-11(15)18/h4-5,8,13H,2-3,6-7H2,1H3,(H,14,16)(H,19,20). The van der Waals surface area contributed by atoms with E-state index in [1.165, 1.54) is 12.2 Å². The smallest absolute Gasteiger partial charge is 0.327 e. The molecule has 110 valence electrons. The molecule has 0 aliphatic carbocycles. The highest BCUT2D eigenvalue weighted by molar-refractivity contribution is 6.12. The lowest BCUT2D eigenvalue weighted by Gasteiger charge is -2.15. The highest BCUT2D eigenvalue weighted by Gasteiger charge is 2.23. The van der Waals surface area contributed by atoms with Gasteiger partial charge in [0.25, 0.3) is 11.8 Å². The monoisotopic (exact) mass is 283 g/mol. The Labute approximate surface area is 115 Å². The van der Waals surface area contributed by atoms with Gasteiger partial charge >= 0.3 is 5.97 Å². The molecule has 0 spiro atoms. The third-order valence-electron chi connectivity index (χ3n) is 2.73. The number of nitrogens with zero attached hydrogens (tertiary/aromatic N) is 1. The van der Waals surface area contributed by atoms with Gasteiger partial charge in [-0.1, -0.05) is 0 Å². The molecule has 0 fully saturated rings. The quantitative estimate of drug-likeness (QED) is 0.466. The van der Waals surface area contributed by atoms with E-state index in [1.54, 1.807) is 7.05 Å². The van der Waals surface area contributed by atoms with Gasteiger partial charge < -0.3 is 15.7 Å². The number of carboxylic acids is 1. The second kappa shape index (κ2) is 7.39. The van der Waals surface area contributed by atoms with Gasteiger partial charge in [-0.2, -0.15) is 0 Å². The number of aliphatic carboxylic acids is 1. The molecule has 0 radical (unpaired) electrons. The van der Waals surface area contributed by atoms with Crippen LogP contribution in [-0.2, 0) is 19.2 Å². The second-order valence-corrected chi connectivity index (χ2v) is 4.28. The molecule has 1 rings (SSSR count). The molecule has 1 unspecified atom stereocenters. The van der Waals surface area contributed by atoms with Crippen LogP contribution in [0.1, 0.15) is 12.8 Å². The zero-order valence-electron chi connectivity index (χ0n) is 11.1. The normalized spacial score (nSPS) is 15.6. The maximum Gasteiger partial charge on any atom is 0.327 e. The zero-order valence-corrected chi connectivity index (χ0v) is 11.1. The van der Waals surface area contributed by atoms with Crippen LogP contribution in [0.15, 0.2) is 12.2 Å². The van der Waals surface area contributed by atoms with E-state index in [0.29, 0.717) is 0 Å². The molecule has 20 heavy (non-hydrogen) atoms. The van der Waals surface area contributed by atoms with Crippen LogP contribution in [-0.4, -0.2) is 59.9 Å². The number of carboxylic acid groups (broad SMARTS) is 1. The van der Waals surface area contributed by atoms with E-state index in [4.69, 9.17) is 5.11 Å². The van der Waals surface area contributed by atoms with Crippen molar-refractivity contribution in [2.45, 2.75) is 18.9 Å². The van der Waals surface area contributed by atoms with Gasteiger partial charge in [0.1, 0.15) is 6.04 Å². The third-order valence-corrected chi connectivity index (χ3v) is 2.73. The summed E-state index contributed by atoms with van der Waals surface area (Å²) in [4.78, 5) is 45.9. The number of imide groups is 1. The Morgan fingerprint density at radius 2 is 1.90 bits per heavy atom. The first-order chi connectivity index (χ1) is 9.45. The predicted molar refractivity (Wildman–Crippen MR) is 68.6 cm³/mol. The van der Waals surface area contributed by atoms with E-state index in [-0.39, 0.29) is 25.9 Å². The lowest BCUT2D eigenvalue weighted by atomic mass is 10.2. The van der Waals surface area contributed by atoms with Crippen molar-refractivity contribution in [3.63, 3.8) is 0 Å². The van der Waals surface area contributed by atoms with Crippen LogP contribution in [0.4, 0.5) is 0 Å². The van der Waals surface area contributed by atoms with E-state index in [0.717, 1.165) is 4.90 Å². The van der Waals surface area contributed by atoms with E-state index in [9.17, 15) is 19.2 Å². The molecule has 8 heteroatoms. The van der Waals surface area contributed by atoms with Crippen molar-refractivity contribution in [3.8, 4) is 0 Å². The molecule has 1 heterocycles. The van der Waals surface area contributed by atoms with Gasteiger partial charge in [0.2, 0.25) is 5.91 Å². The first kappa shape index (κ1) is 15.8. The van der Waals surface area contributed by atoms with Crippen molar-refractivity contribution in [2.24, 2.45) is 0 Å². The SMILES string of the molecule is CNCC(NC(=O)CCCN1C(=O)C=CC1=O)C(=O)O. The molecule has 0 aromatic rings. The summed E-state index contributed by atoms with van der Waals surface area (Å²) in [6.45, 7) is 0.260. The van der Waals surface area contributed by atoms with Crippen molar-refractivity contribution in [1.29, 1.82) is 0 Å². The van der Waals surface area contributed by atoms with Crippen molar-refractivity contribution in [2.75, 3.05) is 20.1 Å². The van der Waals surface area contributed by atoms with Crippen LogP contribution in [0.25, 0.3) is 0 Å². The third kappa shape index (κ3) is 4.47. The first-order valence-electron chi connectivity index (χ1n) is 6.16. The van der Waals surface area contributed by atoms with Crippen LogP contribution < -0.4 is 10.6 Å². The summed E-state index contributed by atoms with van der Waals surface area (Å²) in [7, 11) is 1.58. The Hall–Kier alpha value is -2.22. The van der Waals surface area contributed by atoms with Gasteiger partial charge in [-0.25, -0.2) is 4.79 Å². The molecule has 0 saturated heterocycles. The number of carbonyl (C=O) groups is 4. The summed E-state index contributed by atoms with van der Waals surface area (Å²) in [5.41, 5.74) is 0. The van der Waals surface area contributed by atoms with Crippen LogP contribution in [0.3, 0.4) is 0 Å². The van der Waals surface area contributed by atoms with E-state index >= 15 is 0 Å². The molecule has 3 amide bonds. The number of nitrogens with one attached hydrogen (secondary N) is 2. The molecule has 8 nitrogen and oxygen atoms in total. The van der Waals surface area contributed by atoms with E-state index in [2.05, 4.69) is 10.6 Å². The number of rotatable bonds is 8. The average molecular weight is 283 g/mol. The summed E-state index contributed by atoms with van der Waals surface area (Å²) in [5.74, 6) is -2.34. The fraction of sp³-hybridized carbons (Fsp3) is 0.500. The van der Waals surface area contributed by atoms with Gasteiger partial charge in [0, 0.05) is 31.7 Å². The topological polar surface area (TPSA) is 116 Å². The second-order valence-electron chi connectivity index (χ2n) is 4.28. The highest BCUT2D eigenvalue weighted by atomic mass is 16.4. The molecular formula is C12H17N3O5. The Morgan fingerprint density at radius 1 is 1.30 bits per heavy atom. The molecule has 1 aliphatic rings. The van der Waals surface area contributed by atoms with Crippen molar-refractivity contribution in [3.05, 3.63) is 12.2 Å². The lowest BCUT2D eigenvalue weighted by molar-refractivity contribution is -0.141. The zero-order chi connectivity index (χ0) is 15.1. The van der Waals surface area contributed by atoms with Crippen LogP contribution in [0, 0.1) is 0 Å². The molecule has 0 saturated carbocycles. The minimum atomic E-state index is -1.12. The van der Waals surface area contributed by atoms with Crippen molar-refractivity contribution < 1.29 is 24.3 Å². The number of hydrogen-bond acceptors (Lipinski definition) is 5. The number of carbonyl (C=O) groups excluding carboxylic acids is 3. The Kier molecular flexibility index (Phi) is 5.85. The Morgan fingerprint density at radius 3 is 2.40 bits per heavy atom. The summed E-state index contributed by atoms with van der Waals surface area (Å²) in [6, 6.07) is -0.996. The fourth-order valence-electron chi connectivity index (χ4n) is 1.72. The van der Waals surface area contributed by atoms with Gasteiger partial charge in [-0.3, -0.25) is 19.3 Å². The highest BCUT2D eigenvalue weighted by Crippen LogP contribution is 2.05. The molecule has 1 aliphatic heterocycles. The molecular weight excluding hydrogens is 266 g/mol. The van der Waals surface area contributed by atoms with Gasteiger partial charge in [0.15, 0.2) is 0 Å². The molecule has 0 bridgehead atoms. The fourth-order valence-corrected chi connectivity index (χ4v) is 1.72. The Balaban J connectivity index is 2.31. The maximum atomic E-state index is 11.6. The lowest BCUT2D eigenvalue weighted by Crippen LogP contribution is -2.46. The average Bonchev–Trinajstić information content (AvgIpc) is 2.69. The van der Waals surface area contributed by atoms with Crippen molar-refractivity contribution >= 4 is 23.7 Å². The molecule has 3 N–H and O–H groups in total. The number of amides is 3. The minimum Gasteiger partial charge on any atom is -0.480 e. The predicted octanol–water partition coefficient (Wildman–Crippen LogP) is -1.52. The summed E-state index contributed by atoms with van der Waals surface area (Å²) in [6.07, 6.45) is 2.69. The van der Waals surface area contributed by atoms with Crippen LogP contribution >= 0.6 is 0 Å². The molecule has 0 aromatic carbocycles.